The van der Waals surface area contributed by atoms with E-state index in [-0.39, 0.29) is 29.4 Å². The molecule has 1 fully saturated rings. The van der Waals surface area contributed by atoms with E-state index in [2.05, 4.69) is 0 Å². The molecule has 208 valence electrons. The van der Waals surface area contributed by atoms with Crippen LogP contribution < -0.4 is 14.2 Å². The van der Waals surface area contributed by atoms with Crippen LogP contribution in [-0.4, -0.2) is 88.0 Å². The summed E-state index contributed by atoms with van der Waals surface area (Å²) < 4.78 is 20.9. The predicted octanol–water partition coefficient (Wildman–Crippen LogP) is 0.935. The molecule has 0 radical (unpaired) electrons. The fourth-order valence-electron chi connectivity index (χ4n) is 3.63. The van der Waals surface area contributed by atoms with E-state index < -0.39 is 48.2 Å². The fourth-order valence-corrected chi connectivity index (χ4v) is 3.63. The Morgan fingerprint density at radius 2 is 1.38 bits per heavy atom. The molecule has 1 heterocycles. The van der Waals surface area contributed by atoms with Crippen LogP contribution in [0.1, 0.15) is 17.5 Å². The van der Waals surface area contributed by atoms with Gasteiger partial charge >= 0.3 is 5.97 Å². The van der Waals surface area contributed by atoms with E-state index in [9.17, 15) is 39.9 Å². The fraction of sp³-hybridized carbons (Fsp3) is 0.296. The average molecular weight is 545 g/mol. The van der Waals surface area contributed by atoms with Gasteiger partial charge in [-0.2, -0.15) is 0 Å². The number of carbonyl (C=O) groups is 3. The zero-order valence-electron chi connectivity index (χ0n) is 21.0. The summed E-state index contributed by atoms with van der Waals surface area (Å²) in [6.45, 7) is 0. The lowest BCUT2D eigenvalue weighted by Crippen LogP contribution is -2.61. The number of ether oxygens (including phenoxy) is 4. The normalized spacial score (nSPS) is 23.1. The molecule has 0 aliphatic carbocycles. The van der Waals surface area contributed by atoms with Crippen molar-refractivity contribution >= 4 is 29.7 Å². The van der Waals surface area contributed by atoms with E-state index in [1.807, 2.05) is 0 Å². The van der Waals surface area contributed by atoms with Gasteiger partial charge in [0.05, 0.1) is 20.6 Å². The minimum atomic E-state index is -1.86. The van der Waals surface area contributed by atoms with Crippen LogP contribution in [0.15, 0.2) is 48.6 Å². The van der Waals surface area contributed by atoms with Gasteiger partial charge in [0.2, 0.25) is 6.29 Å². The molecule has 0 aromatic heterocycles. The molecule has 5 N–H and O–H groups in total. The molecule has 5 atom stereocenters. The van der Waals surface area contributed by atoms with Crippen molar-refractivity contribution < 1.29 is 58.9 Å². The molecule has 1 saturated heterocycles. The minimum Gasteiger partial charge on any atom is -0.504 e. The Morgan fingerprint density at radius 1 is 0.821 bits per heavy atom. The number of methoxy groups -OCH3 is 2. The van der Waals surface area contributed by atoms with E-state index >= 15 is 0 Å². The summed E-state index contributed by atoms with van der Waals surface area (Å²) in [6, 6.07) is 8.96. The first-order chi connectivity index (χ1) is 18.5. The van der Waals surface area contributed by atoms with Crippen molar-refractivity contribution in [3.8, 4) is 23.0 Å². The minimum absolute atomic E-state index is 0.0314. The third-order valence-electron chi connectivity index (χ3n) is 5.72. The van der Waals surface area contributed by atoms with E-state index in [1.54, 1.807) is 12.1 Å². The third kappa shape index (κ3) is 7.42. The van der Waals surface area contributed by atoms with Gasteiger partial charge in [-0.3, -0.25) is 9.59 Å². The second-order valence-electron chi connectivity index (χ2n) is 8.47. The number of aliphatic carboxylic acids is 1. The number of carboxylic acids is 1. The van der Waals surface area contributed by atoms with Gasteiger partial charge in [0, 0.05) is 0 Å². The number of hydrogen-bond acceptors (Lipinski definition) is 11. The number of benzene rings is 2. The number of aromatic hydroxyl groups is 1. The maximum atomic E-state index is 12.3. The van der Waals surface area contributed by atoms with Crippen molar-refractivity contribution in [3.63, 3.8) is 0 Å². The Kier molecular flexibility index (Phi) is 9.79. The number of carbonyl (C=O) groups excluding carboxylic acids is 2. The highest BCUT2D eigenvalue weighted by Gasteiger charge is 2.48. The topological polar surface area (TPSA) is 189 Å². The van der Waals surface area contributed by atoms with Gasteiger partial charge in [-0.05, 0) is 47.5 Å². The summed E-state index contributed by atoms with van der Waals surface area (Å²) in [5.41, 5.74) is 1.10. The standard InChI is InChI=1S/C27H28O12/c1-36-20-11-14(5-9-18(20)30)3-7-16(28)13-17(29)8-4-15-6-10-19(21(12-15)37-2)38-27-24(33)22(31)23(32)25(39-27)26(34)35/h3-12,22-25,27,30-33H,13H2,1-2H3,(H,34,35)/b7-3+,8-4+/t22-,23+,24-,25-,27-/m1/s1. The lowest BCUT2D eigenvalue weighted by molar-refractivity contribution is -0.271. The second-order valence-corrected chi connectivity index (χ2v) is 8.47. The van der Waals surface area contributed by atoms with Crippen LogP contribution in [0, 0.1) is 0 Å². The van der Waals surface area contributed by atoms with Gasteiger partial charge in [0.25, 0.3) is 0 Å². The molecule has 2 aromatic carbocycles. The zero-order valence-corrected chi connectivity index (χ0v) is 21.0. The summed E-state index contributed by atoms with van der Waals surface area (Å²) in [7, 11) is 2.73. The van der Waals surface area contributed by atoms with Gasteiger partial charge in [0.1, 0.15) is 18.3 Å². The molecule has 12 nitrogen and oxygen atoms in total. The van der Waals surface area contributed by atoms with Crippen LogP contribution in [0.3, 0.4) is 0 Å². The van der Waals surface area contributed by atoms with Crippen LogP contribution in [0.25, 0.3) is 12.2 Å². The number of aliphatic hydroxyl groups excluding tert-OH is 3. The van der Waals surface area contributed by atoms with Crippen LogP contribution in [0.4, 0.5) is 0 Å². The Labute approximate surface area is 222 Å². The van der Waals surface area contributed by atoms with Gasteiger partial charge in [-0.25, -0.2) is 4.79 Å². The molecule has 0 amide bonds. The SMILES string of the molecule is COc1cc(/C=C/C(=O)CC(=O)/C=C/c2ccc(O[C@@H]3O[C@@H](C(=O)O)[C@@H](O)[C@@H](O)[C@H]3O)c(OC)c2)ccc1O. The molecule has 12 heteroatoms. The van der Waals surface area contributed by atoms with Crippen molar-refractivity contribution in [1.82, 2.24) is 0 Å². The largest absolute Gasteiger partial charge is 0.504 e. The molecular formula is C27H28O12. The van der Waals surface area contributed by atoms with Gasteiger partial charge < -0.3 is 44.5 Å². The number of carboxylic acid groups (broad SMARTS) is 1. The van der Waals surface area contributed by atoms with E-state index in [4.69, 9.17) is 18.9 Å². The Morgan fingerprint density at radius 3 is 1.95 bits per heavy atom. The van der Waals surface area contributed by atoms with Crippen LogP contribution in [0.2, 0.25) is 0 Å². The molecule has 0 saturated carbocycles. The average Bonchev–Trinajstić information content (AvgIpc) is 2.91. The van der Waals surface area contributed by atoms with Gasteiger partial charge in [-0.15, -0.1) is 0 Å². The number of hydrogen-bond donors (Lipinski definition) is 5. The molecule has 3 rings (SSSR count). The number of aliphatic hydroxyl groups is 3. The van der Waals surface area contributed by atoms with Crippen molar-refractivity contribution in [2.75, 3.05) is 14.2 Å². The Bertz CT molecular complexity index is 1270. The number of ketones is 2. The highest BCUT2D eigenvalue weighted by atomic mass is 16.7. The summed E-state index contributed by atoms with van der Waals surface area (Å²) in [5, 5.41) is 48.7. The molecule has 1 aliphatic rings. The highest BCUT2D eigenvalue weighted by molar-refractivity contribution is 6.10. The smallest absolute Gasteiger partial charge is 0.335 e. The molecule has 1 aliphatic heterocycles. The lowest BCUT2D eigenvalue weighted by Gasteiger charge is -2.38. The maximum absolute atomic E-state index is 12.3. The van der Waals surface area contributed by atoms with E-state index in [0.29, 0.717) is 11.1 Å². The molecule has 0 bridgehead atoms. The van der Waals surface area contributed by atoms with Crippen LogP contribution >= 0.6 is 0 Å². The first-order valence-corrected chi connectivity index (χ1v) is 11.6. The Hall–Kier alpha value is -4.23. The first kappa shape index (κ1) is 29.3. The number of phenolic OH excluding ortho intramolecular Hbond substituents is 1. The monoisotopic (exact) mass is 544 g/mol. The van der Waals surface area contributed by atoms with Gasteiger partial charge in [-0.1, -0.05) is 24.3 Å². The van der Waals surface area contributed by atoms with Gasteiger partial charge in [0.15, 0.2) is 40.7 Å². The third-order valence-corrected chi connectivity index (χ3v) is 5.72. The first-order valence-electron chi connectivity index (χ1n) is 11.6. The number of rotatable bonds is 11. The van der Waals surface area contributed by atoms with Crippen LogP contribution in [-0.2, 0) is 19.1 Å². The predicted molar refractivity (Wildman–Crippen MR) is 135 cm³/mol. The molecule has 2 aromatic rings. The zero-order chi connectivity index (χ0) is 28.7. The maximum Gasteiger partial charge on any atom is 0.335 e. The van der Waals surface area contributed by atoms with Crippen molar-refractivity contribution in [1.29, 1.82) is 0 Å². The van der Waals surface area contributed by atoms with E-state index in [0.717, 1.165) is 0 Å². The summed E-state index contributed by atoms with van der Waals surface area (Å²) in [6.07, 6.45) is -3.85. The summed E-state index contributed by atoms with van der Waals surface area (Å²) in [5.74, 6) is -2.07. The van der Waals surface area contributed by atoms with E-state index in [1.165, 1.54) is 62.8 Å². The summed E-state index contributed by atoms with van der Waals surface area (Å²) in [4.78, 5) is 35.7. The second kappa shape index (κ2) is 13.0. The van der Waals surface area contributed by atoms with Crippen LogP contribution in [0.5, 0.6) is 23.0 Å². The highest BCUT2D eigenvalue weighted by Crippen LogP contribution is 2.32. The number of phenols is 1. The Balaban J connectivity index is 1.63. The van der Waals surface area contributed by atoms with Crippen molar-refractivity contribution in [2.45, 2.75) is 37.1 Å². The molecule has 39 heavy (non-hydrogen) atoms. The van der Waals surface area contributed by atoms with Crippen molar-refractivity contribution in [2.24, 2.45) is 0 Å². The summed E-state index contributed by atoms with van der Waals surface area (Å²) >= 11 is 0. The lowest BCUT2D eigenvalue weighted by atomic mass is 9.99. The molecule has 0 unspecified atom stereocenters. The number of allylic oxidation sites excluding steroid dienone is 2. The molecule has 0 spiro atoms. The van der Waals surface area contributed by atoms with Crippen molar-refractivity contribution in [3.05, 3.63) is 59.7 Å². The quantitative estimate of drug-likeness (QED) is 0.199. The molecular weight excluding hydrogens is 516 g/mol.